The summed E-state index contributed by atoms with van der Waals surface area (Å²) in [5.74, 6) is -0.197. The van der Waals surface area contributed by atoms with Crippen molar-refractivity contribution in [3.63, 3.8) is 0 Å². The zero-order chi connectivity index (χ0) is 13.1. The third kappa shape index (κ3) is 2.73. The fourth-order valence-corrected chi connectivity index (χ4v) is 1.68. The first-order valence-corrected chi connectivity index (χ1v) is 5.35. The smallest absolute Gasteiger partial charge is 0.261 e. The normalized spacial score (nSPS) is 11.6. The maximum absolute atomic E-state index is 13.0. The van der Waals surface area contributed by atoms with Gasteiger partial charge in [-0.3, -0.25) is 0 Å². The van der Waals surface area contributed by atoms with Crippen LogP contribution in [0.1, 0.15) is 0 Å². The lowest BCUT2D eigenvalue weighted by Gasteiger charge is -2.07. The van der Waals surface area contributed by atoms with Crippen molar-refractivity contribution in [2.24, 2.45) is 0 Å². The molecule has 0 aliphatic rings. The Morgan fingerprint density at radius 2 is 2.17 bits per heavy atom. The summed E-state index contributed by atoms with van der Waals surface area (Å²) >= 11 is 0. The summed E-state index contributed by atoms with van der Waals surface area (Å²) in [6, 6.07) is 4.10. The number of ether oxygens (including phenoxy) is 1. The molecule has 0 bridgehead atoms. The maximum Gasteiger partial charge on any atom is 0.261 e. The van der Waals surface area contributed by atoms with Crippen LogP contribution in [0, 0.1) is 5.82 Å². The van der Waals surface area contributed by atoms with Crippen LogP contribution in [0.3, 0.4) is 0 Å². The number of hydrogen-bond donors (Lipinski definition) is 1. The molecule has 18 heavy (non-hydrogen) atoms. The van der Waals surface area contributed by atoms with Gasteiger partial charge in [0.1, 0.15) is 12.4 Å². The summed E-state index contributed by atoms with van der Waals surface area (Å²) in [5.41, 5.74) is 6.75. The van der Waals surface area contributed by atoms with Gasteiger partial charge in [-0.05, 0) is 12.1 Å². The number of imidazole rings is 1. The van der Waals surface area contributed by atoms with Crippen LogP contribution in [-0.2, 0) is 11.3 Å². The van der Waals surface area contributed by atoms with Crippen LogP contribution in [-0.4, -0.2) is 29.2 Å². The van der Waals surface area contributed by atoms with Gasteiger partial charge in [0.25, 0.3) is 6.43 Å². The van der Waals surface area contributed by atoms with E-state index >= 15 is 0 Å². The summed E-state index contributed by atoms with van der Waals surface area (Å²) in [5, 5.41) is 0. The Morgan fingerprint density at radius 1 is 1.39 bits per heavy atom. The van der Waals surface area contributed by atoms with E-state index in [0.29, 0.717) is 17.6 Å². The zero-order valence-electron chi connectivity index (χ0n) is 9.44. The van der Waals surface area contributed by atoms with Gasteiger partial charge in [0, 0.05) is 12.6 Å². The fraction of sp³-hybridized carbons (Fsp3) is 0.364. The van der Waals surface area contributed by atoms with Crippen molar-refractivity contribution >= 4 is 17.0 Å². The molecule has 0 atom stereocenters. The van der Waals surface area contributed by atoms with E-state index in [2.05, 4.69) is 4.98 Å². The minimum atomic E-state index is -2.49. The van der Waals surface area contributed by atoms with Gasteiger partial charge in [-0.1, -0.05) is 0 Å². The molecular formula is C11H12F3N3O. The Balaban J connectivity index is 2.10. The summed E-state index contributed by atoms with van der Waals surface area (Å²) in [7, 11) is 0. The van der Waals surface area contributed by atoms with Crippen LogP contribution in [0.25, 0.3) is 11.0 Å². The number of alkyl halides is 2. The zero-order valence-corrected chi connectivity index (χ0v) is 9.44. The molecule has 1 heterocycles. The molecule has 98 valence electrons. The lowest BCUT2D eigenvalue weighted by Crippen LogP contribution is -2.12. The number of anilines is 1. The fourth-order valence-electron chi connectivity index (χ4n) is 1.68. The maximum atomic E-state index is 13.0. The topological polar surface area (TPSA) is 53.1 Å². The number of aromatic nitrogens is 2. The van der Waals surface area contributed by atoms with Gasteiger partial charge < -0.3 is 15.0 Å². The van der Waals surface area contributed by atoms with Gasteiger partial charge >= 0.3 is 0 Å². The van der Waals surface area contributed by atoms with E-state index in [-0.39, 0.29) is 12.6 Å². The van der Waals surface area contributed by atoms with Crippen molar-refractivity contribution in [1.82, 2.24) is 9.55 Å². The molecule has 0 spiro atoms. The number of halogens is 3. The van der Waals surface area contributed by atoms with Crippen LogP contribution in [0.15, 0.2) is 18.2 Å². The number of fused-ring (bicyclic) bond motifs is 1. The van der Waals surface area contributed by atoms with E-state index in [9.17, 15) is 13.2 Å². The second-order valence-electron chi connectivity index (χ2n) is 3.72. The van der Waals surface area contributed by atoms with E-state index in [4.69, 9.17) is 10.5 Å². The highest BCUT2D eigenvalue weighted by Crippen LogP contribution is 2.18. The van der Waals surface area contributed by atoms with Crippen molar-refractivity contribution in [3.8, 4) is 0 Å². The summed E-state index contributed by atoms with van der Waals surface area (Å²) in [4.78, 5) is 3.98. The molecule has 0 amide bonds. The Kier molecular flexibility index (Phi) is 3.71. The molecule has 1 aromatic heterocycles. The third-order valence-corrected chi connectivity index (χ3v) is 2.44. The molecule has 0 fully saturated rings. The Hall–Kier alpha value is -1.76. The minimum Gasteiger partial charge on any atom is -0.374 e. The van der Waals surface area contributed by atoms with Crippen LogP contribution in [0.5, 0.6) is 0 Å². The Bertz CT molecular complexity index is 542. The van der Waals surface area contributed by atoms with Crippen molar-refractivity contribution in [2.75, 3.05) is 18.9 Å². The molecular weight excluding hydrogens is 247 g/mol. The van der Waals surface area contributed by atoms with E-state index in [1.165, 1.54) is 12.1 Å². The molecule has 0 saturated heterocycles. The van der Waals surface area contributed by atoms with Crippen LogP contribution >= 0.6 is 0 Å². The average molecular weight is 259 g/mol. The molecule has 4 nitrogen and oxygen atoms in total. The van der Waals surface area contributed by atoms with Crippen molar-refractivity contribution in [2.45, 2.75) is 13.0 Å². The Morgan fingerprint density at radius 3 is 2.89 bits per heavy atom. The molecule has 0 aliphatic carbocycles. The summed E-state index contributed by atoms with van der Waals surface area (Å²) < 4.78 is 43.1. The number of nitrogen functional groups attached to an aromatic ring is 1. The predicted molar refractivity (Wildman–Crippen MR) is 60.9 cm³/mol. The third-order valence-electron chi connectivity index (χ3n) is 2.44. The molecule has 2 N–H and O–H groups in total. The number of nitrogens with two attached hydrogens (primary N) is 1. The van der Waals surface area contributed by atoms with Gasteiger partial charge in [0.2, 0.25) is 5.95 Å². The summed E-state index contributed by atoms with van der Waals surface area (Å²) in [6.45, 7) is -0.223. The van der Waals surface area contributed by atoms with Crippen molar-refractivity contribution in [1.29, 1.82) is 0 Å². The van der Waals surface area contributed by atoms with Gasteiger partial charge in [-0.2, -0.15) is 0 Å². The first-order valence-electron chi connectivity index (χ1n) is 5.35. The van der Waals surface area contributed by atoms with Crippen LogP contribution in [0.2, 0.25) is 0 Å². The first kappa shape index (κ1) is 12.7. The molecule has 0 saturated carbocycles. The van der Waals surface area contributed by atoms with E-state index in [0.717, 1.165) is 0 Å². The first-order chi connectivity index (χ1) is 8.58. The van der Waals surface area contributed by atoms with Crippen LogP contribution in [0.4, 0.5) is 19.1 Å². The molecule has 7 heteroatoms. The molecule has 2 rings (SSSR count). The number of hydrogen-bond acceptors (Lipinski definition) is 3. The highest BCUT2D eigenvalue weighted by Gasteiger charge is 2.09. The number of benzene rings is 1. The quantitative estimate of drug-likeness (QED) is 0.836. The molecule has 1 aromatic carbocycles. The van der Waals surface area contributed by atoms with Gasteiger partial charge in [-0.15, -0.1) is 0 Å². The highest BCUT2D eigenvalue weighted by atomic mass is 19.3. The molecule has 0 radical (unpaired) electrons. The van der Waals surface area contributed by atoms with E-state index in [1.807, 2.05) is 0 Å². The lowest BCUT2D eigenvalue weighted by molar-refractivity contribution is 0.0151. The number of nitrogens with zero attached hydrogens (tertiary/aromatic N) is 2. The standard InChI is InChI=1S/C11H12F3N3O/c12-7-1-2-9-8(5-7)16-11(15)17(9)3-4-18-6-10(13)14/h1-2,5,10H,3-4,6H2,(H2,15,16). The van der Waals surface area contributed by atoms with E-state index < -0.39 is 18.8 Å². The second kappa shape index (κ2) is 5.26. The van der Waals surface area contributed by atoms with Crippen molar-refractivity contribution in [3.05, 3.63) is 24.0 Å². The highest BCUT2D eigenvalue weighted by molar-refractivity contribution is 5.78. The molecule has 0 aliphatic heterocycles. The largest absolute Gasteiger partial charge is 0.374 e. The monoisotopic (exact) mass is 259 g/mol. The molecule has 2 aromatic rings. The second-order valence-corrected chi connectivity index (χ2v) is 3.72. The average Bonchev–Trinajstić information content (AvgIpc) is 2.59. The minimum absolute atomic E-state index is 0.0946. The van der Waals surface area contributed by atoms with Crippen molar-refractivity contribution < 1.29 is 17.9 Å². The van der Waals surface area contributed by atoms with Gasteiger partial charge in [0.05, 0.1) is 17.6 Å². The predicted octanol–water partition coefficient (Wildman–Crippen LogP) is 2.04. The van der Waals surface area contributed by atoms with Gasteiger partial charge in [0.15, 0.2) is 0 Å². The van der Waals surface area contributed by atoms with Crippen LogP contribution < -0.4 is 5.73 Å². The SMILES string of the molecule is Nc1nc2cc(F)ccc2n1CCOCC(F)F. The Labute approximate surface area is 101 Å². The molecule has 0 unspecified atom stereocenters. The van der Waals surface area contributed by atoms with Gasteiger partial charge in [-0.25, -0.2) is 18.2 Å². The lowest BCUT2D eigenvalue weighted by atomic mass is 10.3. The summed E-state index contributed by atoms with van der Waals surface area (Å²) in [6.07, 6.45) is -2.49. The van der Waals surface area contributed by atoms with E-state index in [1.54, 1.807) is 10.6 Å². The number of rotatable bonds is 5.